The lowest BCUT2D eigenvalue weighted by Crippen LogP contribution is -2.46. The van der Waals surface area contributed by atoms with Gasteiger partial charge in [0, 0.05) is 19.2 Å². The van der Waals surface area contributed by atoms with Gasteiger partial charge in [-0.15, -0.1) is 0 Å². The zero-order valence-corrected chi connectivity index (χ0v) is 18.3. The topological polar surface area (TPSA) is 67.9 Å². The first-order valence-corrected chi connectivity index (χ1v) is 9.74. The summed E-state index contributed by atoms with van der Waals surface area (Å²) in [5.41, 5.74) is 1.35. The highest BCUT2D eigenvalue weighted by Crippen LogP contribution is 2.27. The van der Waals surface area contributed by atoms with Gasteiger partial charge in [0.1, 0.15) is 6.04 Å². The van der Waals surface area contributed by atoms with Crippen LogP contribution in [0.2, 0.25) is 10.0 Å². The lowest BCUT2D eigenvalue weighted by molar-refractivity contribution is -0.131. The summed E-state index contributed by atoms with van der Waals surface area (Å²) in [5, 5.41) is 3.33. The fourth-order valence-electron chi connectivity index (χ4n) is 2.75. The minimum Gasteiger partial charge on any atom is -0.493 e. The molecule has 1 atom stereocenters. The van der Waals surface area contributed by atoms with Crippen LogP contribution in [0.3, 0.4) is 0 Å². The Kier molecular flexibility index (Phi) is 8.17. The largest absolute Gasteiger partial charge is 0.493 e. The van der Waals surface area contributed by atoms with Crippen LogP contribution in [0.1, 0.15) is 22.8 Å². The molecular weight excluding hydrogens is 415 g/mol. The number of nitrogens with zero attached hydrogens (tertiary/aromatic N) is 1. The average Bonchev–Trinajstić information content (AvgIpc) is 2.72. The highest BCUT2D eigenvalue weighted by molar-refractivity contribution is 6.42. The molecule has 156 valence electrons. The summed E-state index contributed by atoms with van der Waals surface area (Å²) in [5.74, 6) is 0.706. The Balaban J connectivity index is 1.93. The van der Waals surface area contributed by atoms with Crippen LogP contribution in [-0.2, 0) is 11.2 Å². The minimum absolute atomic E-state index is 0.195. The van der Waals surface area contributed by atoms with Crippen LogP contribution in [0.4, 0.5) is 0 Å². The van der Waals surface area contributed by atoms with Crippen molar-refractivity contribution in [2.45, 2.75) is 19.4 Å². The van der Waals surface area contributed by atoms with Crippen molar-refractivity contribution in [2.75, 3.05) is 27.8 Å². The van der Waals surface area contributed by atoms with E-state index in [4.69, 9.17) is 32.7 Å². The number of ether oxygens (including phenoxy) is 2. The van der Waals surface area contributed by atoms with Gasteiger partial charge in [-0.2, -0.15) is 0 Å². The third-order valence-corrected chi connectivity index (χ3v) is 5.20. The predicted molar refractivity (Wildman–Crippen MR) is 114 cm³/mol. The molecule has 0 bridgehead atoms. The standard InChI is InChI=1S/C21H24Cl2N2O4/c1-13(24-20(26)15-6-7-16(22)17(23)12-15)21(27)25(2)10-9-14-5-8-18(28-3)19(11-14)29-4/h5-8,11-13H,9-10H2,1-4H3,(H,24,26). The molecule has 8 heteroatoms. The molecule has 0 saturated heterocycles. The molecule has 0 saturated carbocycles. The maximum absolute atomic E-state index is 12.6. The van der Waals surface area contributed by atoms with Gasteiger partial charge >= 0.3 is 0 Å². The second-order valence-electron chi connectivity index (χ2n) is 6.52. The van der Waals surface area contributed by atoms with Crippen molar-refractivity contribution in [3.05, 3.63) is 57.6 Å². The number of benzene rings is 2. The van der Waals surface area contributed by atoms with Gasteiger partial charge in [-0.05, 0) is 49.2 Å². The molecule has 0 aliphatic carbocycles. The van der Waals surface area contributed by atoms with Gasteiger partial charge in [-0.1, -0.05) is 29.3 Å². The predicted octanol–water partition coefficient (Wildman–Crippen LogP) is 3.83. The molecular formula is C21H24Cl2N2O4. The fraction of sp³-hybridized carbons (Fsp3) is 0.333. The number of carbonyl (C=O) groups is 2. The molecule has 2 aromatic rings. The molecule has 0 fully saturated rings. The number of methoxy groups -OCH3 is 2. The third kappa shape index (κ3) is 6.02. The highest BCUT2D eigenvalue weighted by Gasteiger charge is 2.20. The molecule has 1 unspecified atom stereocenters. The second-order valence-corrected chi connectivity index (χ2v) is 7.34. The monoisotopic (exact) mass is 438 g/mol. The molecule has 0 aromatic heterocycles. The third-order valence-electron chi connectivity index (χ3n) is 4.46. The van der Waals surface area contributed by atoms with E-state index >= 15 is 0 Å². The van der Waals surface area contributed by atoms with Crippen molar-refractivity contribution in [1.82, 2.24) is 10.2 Å². The molecule has 2 rings (SSSR count). The summed E-state index contributed by atoms with van der Waals surface area (Å²) in [6.07, 6.45) is 0.635. The average molecular weight is 439 g/mol. The van der Waals surface area contributed by atoms with E-state index in [0.29, 0.717) is 35.1 Å². The summed E-state index contributed by atoms with van der Waals surface area (Å²) in [6, 6.07) is 9.52. The number of rotatable bonds is 8. The van der Waals surface area contributed by atoms with Crippen molar-refractivity contribution < 1.29 is 19.1 Å². The molecule has 2 aromatic carbocycles. The Bertz CT molecular complexity index is 889. The molecule has 0 aliphatic heterocycles. The van der Waals surface area contributed by atoms with Crippen molar-refractivity contribution in [3.8, 4) is 11.5 Å². The Labute approximate surface area is 180 Å². The number of carbonyl (C=O) groups excluding carboxylic acids is 2. The Hall–Kier alpha value is -2.44. The summed E-state index contributed by atoms with van der Waals surface area (Å²) in [4.78, 5) is 26.5. The Morgan fingerprint density at radius 3 is 2.34 bits per heavy atom. The summed E-state index contributed by atoms with van der Waals surface area (Å²) < 4.78 is 10.5. The molecule has 1 N–H and O–H groups in total. The van der Waals surface area contributed by atoms with Gasteiger partial charge in [0.25, 0.3) is 5.91 Å². The van der Waals surface area contributed by atoms with E-state index in [1.165, 1.54) is 6.07 Å². The molecule has 2 amide bonds. The Morgan fingerprint density at radius 2 is 1.72 bits per heavy atom. The first-order chi connectivity index (χ1) is 13.8. The van der Waals surface area contributed by atoms with Gasteiger partial charge in [-0.3, -0.25) is 9.59 Å². The molecule has 0 radical (unpaired) electrons. The van der Waals surface area contributed by atoms with Crippen LogP contribution in [0.5, 0.6) is 11.5 Å². The number of hydrogen-bond donors (Lipinski definition) is 1. The van der Waals surface area contributed by atoms with E-state index < -0.39 is 11.9 Å². The number of hydrogen-bond acceptors (Lipinski definition) is 4. The SMILES string of the molecule is COc1ccc(CCN(C)C(=O)C(C)NC(=O)c2ccc(Cl)c(Cl)c2)cc1OC. The normalized spacial score (nSPS) is 11.5. The van der Waals surface area contributed by atoms with E-state index in [-0.39, 0.29) is 10.9 Å². The highest BCUT2D eigenvalue weighted by atomic mass is 35.5. The van der Waals surface area contributed by atoms with E-state index in [1.807, 2.05) is 18.2 Å². The first-order valence-electron chi connectivity index (χ1n) is 8.98. The van der Waals surface area contributed by atoms with Gasteiger partial charge in [0.15, 0.2) is 11.5 Å². The number of amides is 2. The van der Waals surface area contributed by atoms with Crippen LogP contribution in [0, 0.1) is 0 Å². The van der Waals surface area contributed by atoms with Crippen LogP contribution < -0.4 is 14.8 Å². The molecule has 0 aliphatic rings. The second kappa shape index (κ2) is 10.4. The van der Waals surface area contributed by atoms with Crippen molar-refractivity contribution in [3.63, 3.8) is 0 Å². The van der Waals surface area contributed by atoms with Gasteiger partial charge in [0.05, 0.1) is 24.3 Å². The zero-order chi connectivity index (χ0) is 21.6. The molecule has 0 spiro atoms. The summed E-state index contributed by atoms with van der Waals surface area (Å²) >= 11 is 11.8. The van der Waals surface area contributed by atoms with Crippen molar-refractivity contribution >= 4 is 35.0 Å². The van der Waals surface area contributed by atoms with E-state index in [9.17, 15) is 9.59 Å². The van der Waals surface area contributed by atoms with Gasteiger partial charge < -0.3 is 19.7 Å². The maximum atomic E-state index is 12.6. The molecule has 29 heavy (non-hydrogen) atoms. The fourth-order valence-corrected chi connectivity index (χ4v) is 3.05. The van der Waals surface area contributed by atoms with Crippen LogP contribution in [-0.4, -0.2) is 50.6 Å². The zero-order valence-electron chi connectivity index (χ0n) is 16.8. The Morgan fingerprint density at radius 1 is 1.03 bits per heavy atom. The maximum Gasteiger partial charge on any atom is 0.251 e. The number of halogens is 2. The van der Waals surface area contributed by atoms with Crippen molar-refractivity contribution in [1.29, 1.82) is 0 Å². The van der Waals surface area contributed by atoms with Gasteiger partial charge in [0.2, 0.25) is 5.91 Å². The minimum atomic E-state index is -0.688. The number of likely N-dealkylation sites (N-methyl/N-ethyl adjacent to an activating group) is 1. The lowest BCUT2D eigenvalue weighted by atomic mass is 10.1. The quantitative estimate of drug-likeness (QED) is 0.679. The smallest absolute Gasteiger partial charge is 0.251 e. The van der Waals surface area contributed by atoms with Crippen molar-refractivity contribution in [2.24, 2.45) is 0 Å². The van der Waals surface area contributed by atoms with E-state index in [2.05, 4.69) is 5.32 Å². The van der Waals surface area contributed by atoms with E-state index in [0.717, 1.165) is 5.56 Å². The summed E-state index contributed by atoms with van der Waals surface area (Å²) in [6.45, 7) is 2.13. The first kappa shape index (κ1) is 22.8. The van der Waals surface area contributed by atoms with Gasteiger partial charge in [-0.25, -0.2) is 0 Å². The molecule has 6 nitrogen and oxygen atoms in total. The summed E-state index contributed by atoms with van der Waals surface area (Å²) in [7, 11) is 4.86. The lowest BCUT2D eigenvalue weighted by Gasteiger charge is -2.22. The van der Waals surface area contributed by atoms with Crippen LogP contribution in [0.25, 0.3) is 0 Å². The van der Waals surface area contributed by atoms with Crippen LogP contribution >= 0.6 is 23.2 Å². The molecule has 0 heterocycles. The van der Waals surface area contributed by atoms with Crippen LogP contribution in [0.15, 0.2) is 36.4 Å². The number of nitrogens with one attached hydrogen (secondary N) is 1. The van der Waals surface area contributed by atoms with E-state index in [1.54, 1.807) is 45.2 Å².